The number of carbonyl (C=O) groups is 2. The Balaban J connectivity index is 1.61. The summed E-state index contributed by atoms with van der Waals surface area (Å²) in [5.41, 5.74) is 1.75. The SMILES string of the molecule is CCCCCCN(CCCCCC)C(=O)CN1CC(c2ccc3c(c2)OCO3)C(C(=O)O)C1c1ccc(OC)cc1. The van der Waals surface area contributed by atoms with E-state index in [9.17, 15) is 14.7 Å². The van der Waals surface area contributed by atoms with Crippen LogP contribution in [-0.2, 0) is 9.59 Å². The molecule has 2 aromatic rings. The predicted molar refractivity (Wildman–Crippen MR) is 159 cm³/mol. The molecular formula is C33H46N2O6. The van der Waals surface area contributed by atoms with Crippen LogP contribution in [0, 0.1) is 5.92 Å². The van der Waals surface area contributed by atoms with Crippen molar-refractivity contribution < 1.29 is 28.9 Å². The Hall–Kier alpha value is -3.26. The monoisotopic (exact) mass is 566 g/mol. The minimum Gasteiger partial charge on any atom is -0.497 e. The number of nitrogens with zero attached hydrogens (tertiary/aromatic N) is 2. The molecule has 2 heterocycles. The fourth-order valence-corrected chi connectivity index (χ4v) is 6.17. The van der Waals surface area contributed by atoms with Gasteiger partial charge in [-0.25, -0.2) is 0 Å². The van der Waals surface area contributed by atoms with E-state index in [1.807, 2.05) is 47.4 Å². The lowest BCUT2D eigenvalue weighted by atomic mass is 9.82. The highest BCUT2D eigenvalue weighted by Gasteiger charge is 2.48. The van der Waals surface area contributed by atoms with Crippen LogP contribution in [0.1, 0.15) is 88.3 Å². The van der Waals surface area contributed by atoms with Gasteiger partial charge in [0.05, 0.1) is 19.6 Å². The van der Waals surface area contributed by atoms with Crippen LogP contribution in [0.2, 0.25) is 0 Å². The lowest BCUT2D eigenvalue weighted by molar-refractivity contribution is -0.144. The second-order valence-corrected chi connectivity index (χ2v) is 11.2. The number of carbonyl (C=O) groups excluding carboxylic acids is 1. The maximum Gasteiger partial charge on any atom is 0.309 e. The van der Waals surface area contributed by atoms with Crippen LogP contribution >= 0.6 is 0 Å². The van der Waals surface area contributed by atoms with Gasteiger partial charge in [0.2, 0.25) is 12.7 Å². The Morgan fingerprint density at radius 3 is 2.15 bits per heavy atom. The Morgan fingerprint density at radius 2 is 1.54 bits per heavy atom. The molecular weight excluding hydrogens is 520 g/mol. The number of ether oxygens (including phenoxy) is 3. The zero-order valence-electron chi connectivity index (χ0n) is 24.8. The van der Waals surface area contributed by atoms with E-state index in [0.29, 0.717) is 23.8 Å². The number of unbranched alkanes of at least 4 members (excludes halogenated alkanes) is 6. The maximum absolute atomic E-state index is 13.9. The molecule has 3 atom stereocenters. The normalized spacial score (nSPS) is 19.8. The third kappa shape index (κ3) is 7.73. The van der Waals surface area contributed by atoms with Gasteiger partial charge in [-0.1, -0.05) is 70.6 Å². The largest absolute Gasteiger partial charge is 0.497 e. The van der Waals surface area contributed by atoms with E-state index >= 15 is 0 Å². The summed E-state index contributed by atoms with van der Waals surface area (Å²) in [5, 5.41) is 10.6. The molecule has 1 fully saturated rings. The molecule has 8 nitrogen and oxygen atoms in total. The van der Waals surface area contributed by atoms with Gasteiger partial charge < -0.3 is 24.2 Å². The molecule has 0 bridgehead atoms. The van der Waals surface area contributed by atoms with Crippen molar-refractivity contribution in [3.8, 4) is 17.2 Å². The summed E-state index contributed by atoms with van der Waals surface area (Å²) in [6.45, 7) is 6.68. The van der Waals surface area contributed by atoms with Crippen molar-refractivity contribution in [1.29, 1.82) is 0 Å². The molecule has 2 aliphatic heterocycles. The van der Waals surface area contributed by atoms with E-state index in [2.05, 4.69) is 18.7 Å². The van der Waals surface area contributed by atoms with Gasteiger partial charge in [0.15, 0.2) is 11.5 Å². The molecule has 0 aromatic heterocycles. The molecule has 0 spiro atoms. The predicted octanol–water partition coefficient (Wildman–Crippen LogP) is 6.25. The highest BCUT2D eigenvalue weighted by atomic mass is 16.7. The number of carboxylic acids is 1. The Kier molecular flexibility index (Phi) is 11.3. The molecule has 1 amide bonds. The van der Waals surface area contributed by atoms with E-state index in [0.717, 1.165) is 62.7 Å². The van der Waals surface area contributed by atoms with E-state index in [1.165, 1.54) is 12.8 Å². The van der Waals surface area contributed by atoms with Gasteiger partial charge in [0.1, 0.15) is 5.75 Å². The number of carboxylic acid groups (broad SMARTS) is 1. The zero-order valence-corrected chi connectivity index (χ0v) is 24.8. The molecule has 1 saturated heterocycles. The van der Waals surface area contributed by atoms with Gasteiger partial charge in [-0.15, -0.1) is 0 Å². The Labute approximate surface area is 244 Å². The first-order valence-electron chi connectivity index (χ1n) is 15.2. The average Bonchev–Trinajstić information content (AvgIpc) is 3.60. The summed E-state index contributed by atoms with van der Waals surface area (Å²) < 4.78 is 16.4. The molecule has 41 heavy (non-hydrogen) atoms. The van der Waals surface area contributed by atoms with Crippen molar-refractivity contribution in [2.45, 2.75) is 77.2 Å². The minimum absolute atomic E-state index is 0.0759. The summed E-state index contributed by atoms with van der Waals surface area (Å²) in [6.07, 6.45) is 8.85. The molecule has 2 aromatic carbocycles. The van der Waals surface area contributed by atoms with E-state index in [1.54, 1.807) is 7.11 Å². The number of likely N-dealkylation sites (tertiary alicyclic amines) is 1. The van der Waals surface area contributed by atoms with Crippen LogP contribution in [0.25, 0.3) is 0 Å². The van der Waals surface area contributed by atoms with E-state index in [-0.39, 0.29) is 25.2 Å². The van der Waals surface area contributed by atoms with Crippen molar-refractivity contribution in [3.63, 3.8) is 0 Å². The van der Waals surface area contributed by atoms with Crippen LogP contribution in [0.15, 0.2) is 42.5 Å². The lowest BCUT2D eigenvalue weighted by Gasteiger charge is -2.30. The van der Waals surface area contributed by atoms with Crippen LogP contribution < -0.4 is 14.2 Å². The Bertz CT molecular complexity index is 1130. The number of rotatable bonds is 16. The molecule has 0 aliphatic carbocycles. The fraction of sp³-hybridized carbons (Fsp3) is 0.576. The van der Waals surface area contributed by atoms with Gasteiger partial charge in [0.25, 0.3) is 0 Å². The van der Waals surface area contributed by atoms with Crippen molar-refractivity contribution in [3.05, 3.63) is 53.6 Å². The van der Waals surface area contributed by atoms with Gasteiger partial charge in [-0.2, -0.15) is 0 Å². The molecule has 224 valence electrons. The molecule has 0 radical (unpaired) electrons. The van der Waals surface area contributed by atoms with Crippen molar-refractivity contribution in [1.82, 2.24) is 9.80 Å². The van der Waals surface area contributed by atoms with E-state index < -0.39 is 17.9 Å². The number of aliphatic carboxylic acids is 1. The molecule has 3 unspecified atom stereocenters. The van der Waals surface area contributed by atoms with Gasteiger partial charge >= 0.3 is 5.97 Å². The molecule has 0 saturated carbocycles. The Morgan fingerprint density at radius 1 is 0.902 bits per heavy atom. The molecule has 8 heteroatoms. The van der Waals surface area contributed by atoms with Gasteiger partial charge in [-0.05, 0) is 48.2 Å². The summed E-state index contributed by atoms with van der Waals surface area (Å²) in [5.74, 6) is 0.153. The summed E-state index contributed by atoms with van der Waals surface area (Å²) in [7, 11) is 1.61. The summed E-state index contributed by atoms with van der Waals surface area (Å²) in [6, 6.07) is 12.8. The highest BCUT2D eigenvalue weighted by Crippen LogP contribution is 2.47. The molecule has 2 aliphatic rings. The number of amides is 1. The van der Waals surface area contributed by atoms with E-state index in [4.69, 9.17) is 14.2 Å². The second kappa shape index (κ2) is 15.1. The van der Waals surface area contributed by atoms with Crippen molar-refractivity contribution in [2.24, 2.45) is 5.92 Å². The standard InChI is InChI=1S/C33H46N2O6/c1-4-6-8-10-18-34(19-11-9-7-5-2)30(36)22-35-21-27(25-14-17-28-29(20-25)41-23-40-28)31(33(37)38)32(35)24-12-15-26(39-3)16-13-24/h12-17,20,27,31-32H,4-11,18-19,21-23H2,1-3H3,(H,37,38). The maximum atomic E-state index is 13.9. The van der Waals surface area contributed by atoms with Crippen molar-refractivity contribution >= 4 is 11.9 Å². The van der Waals surface area contributed by atoms with Crippen LogP contribution in [0.5, 0.6) is 17.2 Å². The number of hydrogen-bond acceptors (Lipinski definition) is 6. The quantitative estimate of drug-likeness (QED) is 0.240. The van der Waals surface area contributed by atoms with Gasteiger partial charge in [-0.3, -0.25) is 14.5 Å². The molecule has 1 N–H and O–H groups in total. The number of fused-ring (bicyclic) bond motifs is 1. The topological polar surface area (TPSA) is 88.5 Å². The van der Waals surface area contributed by atoms with Crippen LogP contribution in [0.4, 0.5) is 0 Å². The highest BCUT2D eigenvalue weighted by molar-refractivity contribution is 5.79. The first-order chi connectivity index (χ1) is 20.0. The third-order valence-electron chi connectivity index (χ3n) is 8.42. The lowest BCUT2D eigenvalue weighted by Crippen LogP contribution is -2.42. The first-order valence-corrected chi connectivity index (χ1v) is 15.2. The summed E-state index contributed by atoms with van der Waals surface area (Å²) in [4.78, 5) is 30.8. The van der Waals surface area contributed by atoms with Gasteiger partial charge in [0, 0.05) is 31.6 Å². The number of hydrogen-bond donors (Lipinski definition) is 1. The summed E-state index contributed by atoms with van der Waals surface area (Å²) >= 11 is 0. The number of benzene rings is 2. The van der Waals surface area contributed by atoms with Crippen LogP contribution in [-0.4, -0.2) is 66.9 Å². The average molecular weight is 567 g/mol. The molecule has 4 rings (SSSR count). The smallest absolute Gasteiger partial charge is 0.309 e. The fourth-order valence-electron chi connectivity index (χ4n) is 6.17. The zero-order chi connectivity index (χ0) is 29.2. The van der Waals surface area contributed by atoms with Crippen molar-refractivity contribution in [2.75, 3.05) is 40.1 Å². The van der Waals surface area contributed by atoms with Crippen LogP contribution in [0.3, 0.4) is 0 Å². The third-order valence-corrected chi connectivity index (χ3v) is 8.42. The second-order valence-electron chi connectivity index (χ2n) is 11.2. The first kappa shape index (κ1) is 30.7. The minimum atomic E-state index is -0.876. The number of methoxy groups -OCH3 is 1.